The van der Waals surface area contributed by atoms with Crippen LogP contribution in [0.1, 0.15) is 39.6 Å². The average molecular weight is 489 g/mol. The van der Waals surface area contributed by atoms with Crippen LogP contribution in [-0.2, 0) is 9.59 Å². The third-order valence-electron chi connectivity index (χ3n) is 8.24. The number of ketones is 1. The molecular weight excluding hydrogens is 464 g/mol. The Morgan fingerprint density at radius 2 is 1.40 bits per heavy atom. The van der Waals surface area contributed by atoms with Gasteiger partial charge in [0.15, 0.2) is 5.78 Å². The van der Waals surface area contributed by atoms with E-state index in [4.69, 9.17) is 11.6 Å². The highest BCUT2D eigenvalue weighted by molar-refractivity contribution is 6.30. The second kappa shape index (κ2) is 7.89. The van der Waals surface area contributed by atoms with E-state index in [-0.39, 0.29) is 35.0 Å². The van der Waals surface area contributed by atoms with Crippen molar-refractivity contribution in [3.05, 3.63) is 82.4 Å². The van der Waals surface area contributed by atoms with Crippen LogP contribution in [0.15, 0.2) is 60.7 Å². The number of benzene rings is 2. The summed E-state index contributed by atoms with van der Waals surface area (Å²) in [6.07, 6.45) is 5.22. The fourth-order valence-electron chi connectivity index (χ4n) is 6.39. The molecule has 0 aromatic heterocycles. The molecule has 6 nitrogen and oxygen atoms in total. The number of carbonyl (C=O) groups excluding carboxylic acids is 4. The highest BCUT2D eigenvalue weighted by atomic mass is 35.5. The average Bonchev–Trinajstić information content (AvgIpc) is 3.64. The minimum atomic E-state index is -1.06. The first-order valence-corrected chi connectivity index (χ1v) is 12.4. The number of rotatable bonds is 5. The zero-order chi connectivity index (χ0) is 24.6. The number of halogens is 1. The van der Waals surface area contributed by atoms with Crippen molar-refractivity contribution in [3.63, 3.8) is 0 Å². The van der Waals surface area contributed by atoms with Crippen molar-refractivity contribution >= 4 is 35.1 Å². The van der Waals surface area contributed by atoms with Crippen molar-refractivity contribution in [1.82, 2.24) is 10.0 Å². The summed E-state index contributed by atoms with van der Waals surface area (Å²) in [5.41, 5.74) is 1.66. The summed E-state index contributed by atoms with van der Waals surface area (Å²) in [5, 5.41) is 2.53. The quantitative estimate of drug-likeness (QED) is 0.356. The lowest BCUT2D eigenvalue weighted by Crippen LogP contribution is -2.56. The lowest BCUT2D eigenvalue weighted by Gasteiger charge is -2.37. The Morgan fingerprint density at radius 1 is 0.886 bits per heavy atom. The number of allylic oxidation sites excluding steroid dienone is 2. The van der Waals surface area contributed by atoms with E-state index in [9.17, 15) is 19.2 Å². The van der Waals surface area contributed by atoms with Crippen LogP contribution in [0.5, 0.6) is 0 Å². The number of nitrogens with zero attached hydrogens (tertiary/aromatic N) is 2. The molecule has 7 rings (SSSR count). The van der Waals surface area contributed by atoms with Gasteiger partial charge in [-0.25, -0.2) is 5.01 Å². The normalized spacial score (nSPS) is 30.7. The molecule has 2 bridgehead atoms. The molecule has 2 saturated carbocycles. The van der Waals surface area contributed by atoms with Crippen LogP contribution >= 0.6 is 11.6 Å². The van der Waals surface area contributed by atoms with Crippen molar-refractivity contribution in [1.29, 1.82) is 0 Å². The summed E-state index contributed by atoms with van der Waals surface area (Å²) in [4.78, 5) is 54.9. The summed E-state index contributed by atoms with van der Waals surface area (Å²) in [5.74, 6) is -1.70. The minimum absolute atomic E-state index is 0.0204. The largest absolute Gasteiger partial charge is 0.292 e. The van der Waals surface area contributed by atoms with Crippen molar-refractivity contribution in [3.8, 4) is 0 Å². The monoisotopic (exact) mass is 488 g/mol. The lowest BCUT2D eigenvalue weighted by molar-refractivity contribution is -0.156. The molecular formula is C28H25ClN2O4. The number of imide groups is 1. The van der Waals surface area contributed by atoms with E-state index in [1.807, 2.05) is 19.1 Å². The Labute approximate surface area is 208 Å². The van der Waals surface area contributed by atoms with E-state index < -0.39 is 23.8 Å². The summed E-state index contributed by atoms with van der Waals surface area (Å²) >= 11 is 6.01. The third kappa shape index (κ3) is 3.30. The maximum Gasteiger partial charge on any atom is 0.273 e. The molecule has 178 valence electrons. The summed E-state index contributed by atoms with van der Waals surface area (Å²) in [7, 11) is 0. The number of hydrogen-bond donors (Lipinski definition) is 0. The van der Waals surface area contributed by atoms with Gasteiger partial charge in [-0.3, -0.25) is 19.2 Å². The topological polar surface area (TPSA) is 74.8 Å². The SMILES string of the molecule is Cc1ccc(C(=O)[C@H](C)N(C(=O)c2ccc(Cl)cc2)N2C(=O)[C@@H]3[C@H]4C=C[C@@H]([C@@H]5C[C@H]45)[C@H]3C2=O)cc1. The van der Waals surface area contributed by atoms with Crippen LogP contribution in [0.4, 0.5) is 0 Å². The molecule has 0 unspecified atom stereocenters. The zero-order valence-electron chi connectivity index (χ0n) is 19.4. The van der Waals surface area contributed by atoms with Gasteiger partial charge in [-0.2, -0.15) is 5.01 Å². The molecule has 3 fully saturated rings. The molecule has 1 heterocycles. The number of carbonyl (C=O) groups is 4. The zero-order valence-corrected chi connectivity index (χ0v) is 20.2. The Kier molecular flexibility index (Phi) is 5.01. The van der Waals surface area contributed by atoms with Gasteiger partial charge in [-0.1, -0.05) is 53.6 Å². The Hall–Kier alpha value is -3.25. The van der Waals surface area contributed by atoms with Gasteiger partial charge in [-0.05, 0) is 68.2 Å². The van der Waals surface area contributed by atoms with Gasteiger partial charge < -0.3 is 0 Å². The first-order chi connectivity index (χ1) is 16.8. The maximum absolute atomic E-state index is 13.8. The van der Waals surface area contributed by atoms with Gasteiger partial charge in [0.25, 0.3) is 17.7 Å². The smallest absolute Gasteiger partial charge is 0.273 e. The first-order valence-electron chi connectivity index (χ1n) is 12.0. The molecule has 35 heavy (non-hydrogen) atoms. The van der Waals surface area contributed by atoms with Crippen LogP contribution in [0.3, 0.4) is 0 Å². The molecule has 7 heteroatoms. The van der Waals surface area contributed by atoms with Gasteiger partial charge in [-0.15, -0.1) is 0 Å². The van der Waals surface area contributed by atoms with E-state index in [1.54, 1.807) is 43.3 Å². The van der Waals surface area contributed by atoms with Gasteiger partial charge in [0.1, 0.15) is 6.04 Å². The minimum Gasteiger partial charge on any atom is -0.292 e. The number of hydrazine groups is 1. The Balaban J connectivity index is 1.40. The predicted molar refractivity (Wildman–Crippen MR) is 129 cm³/mol. The molecule has 0 radical (unpaired) electrons. The van der Waals surface area contributed by atoms with Crippen LogP contribution in [0.25, 0.3) is 0 Å². The summed E-state index contributed by atoms with van der Waals surface area (Å²) < 4.78 is 0. The second-order valence-electron chi connectivity index (χ2n) is 10.2. The maximum atomic E-state index is 13.8. The van der Waals surface area contributed by atoms with E-state index >= 15 is 0 Å². The van der Waals surface area contributed by atoms with Gasteiger partial charge in [0, 0.05) is 16.1 Å². The van der Waals surface area contributed by atoms with Crippen LogP contribution in [0.2, 0.25) is 5.02 Å². The Bertz CT molecular complexity index is 1250. The lowest BCUT2D eigenvalue weighted by atomic mass is 9.63. The van der Waals surface area contributed by atoms with Crippen LogP contribution in [-0.4, -0.2) is 39.6 Å². The van der Waals surface area contributed by atoms with Gasteiger partial charge in [0.05, 0.1) is 11.8 Å². The van der Waals surface area contributed by atoms with Crippen LogP contribution < -0.4 is 0 Å². The molecule has 2 aromatic rings. The van der Waals surface area contributed by atoms with E-state index in [0.717, 1.165) is 22.0 Å². The van der Waals surface area contributed by atoms with Crippen molar-refractivity contribution in [2.45, 2.75) is 26.3 Å². The standard InChI is InChI=1S/C28H25ClN2O4/c1-14-3-5-16(6-4-14)25(32)15(2)30(26(33)17-7-9-18(29)10-8-17)31-27(34)23-19-11-12-20(22-13-21(19)22)24(23)28(31)35/h3-12,15,19-24H,13H2,1-2H3/t15-,19-,20-,21-,22+,23+,24+/m0/s1. The molecule has 2 aromatic carbocycles. The number of Topliss-reactive ketones (excluding diaryl/α,β-unsaturated/α-hetero) is 1. The van der Waals surface area contributed by atoms with Crippen molar-refractivity contribution in [2.75, 3.05) is 0 Å². The van der Waals surface area contributed by atoms with Gasteiger partial charge >= 0.3 is 0 Å². The molecule has 0 N–H and O–H groups in total. The number of amides is 3. The van der Waals surface area contributed by atoms with Gasteiger partial charge in [0.2, 0.25) is 0 Å². The van der Waals surface area contributed by atoms with E-state index in [0.29, 0.717) is 22.4 Å². The molecule has 4 aliphatic carbocycles. The fourth-order valence-corrected chi connectivity index (χ4v) is 6.51. The number of aryl methyl sites for hydroxylation is 1. The molecule has 1 aliphatic heterocycles. The predicted octanol–water partition coefficient (Wildman–Crippen LogP) is 4.33. The van der Waals surface area contributed by atoms with E-state index in [1.165, 1.54) is 0 Å². The Morgan fingerprint density at radius 3 is 1.94 bits per heavy atom. The highest BCUT2D eigenvalue weighted by Gasteiger charge is 2.68. The molecule has 5 aliphatic rings. The van der Waals surface area contributed by atoms with E-state index in [2.05, 4.69) is 12.2 Å². The second-order valence-corrected chi connectivity index (χ2v) is 10.6. The summed E-state index contributed by atoms with van der Waals surface area (Å²) in [6.45, 7) is 3.49. The highest BCUT2D eigenvalue weighted by Crippen LogP contribution is 2.65. The molecule has 7 atom stereocenters. The van der Waals surface area contributed by atoms with Crippen LogP contribution in [0, 0.1) is 42.4 Å². The number of hydrogen-bond acceptors (Lipinski definition) is 4. The molecule has 0 spiro atoms. The van der Waals surface area contributed by atoms with Crippen molar-refractivity contribution in [2.24, 2.45) is 35.5 Å². The first kappa shape index (κ1) is 22.2. The fraction of sp³-hybridized carbons (Fsp3) is 0.357. The molecule has 3 amide bonds. The molecule has 1 saturated heterocycles. The third-order valence-corrected chi connectivity index (χ3v) is 8.49. The summed E-state index contributed by atoms with van der Waals surface area (Å²) in [6, 6.07) is 12.2. The van der Waals surface area contributed by atoms with Crippen molar-refractivity contribution < 1.29 is 19.2 Å².